The molecule has 2 rings (SSSR count). The van der Waals surface area contributed by atoms with Gasteiger partial charge in [0.1, 0.15) is 0 Å². The van der Waals surface area contributed by atoms with Gasteiger partial charge in [0, 0.05) is 10.4 Å². The second-order valence-corrected chi connectivity index (χ2v) is 4.77. The Morgan fingerprint density at radius 3 is 2.67 bits per heavy atom. The lowest BCUT2D eigenvalue weighted by molar-refractivity contribution is 0.932. The van der Waals surface area contributed by atoms with Crippen LogP contribution in [0.4, 0.5) is 0 Å². The molecule has 0 spiro atoms. The highest BCUT2D eigenvalue weighted by atomic mass is 79.9. The lowest BCUT2D eigenvalue weighted by Gasteiger charge is -2.08. The van der Waals surface area contributed by atoms with E-state index in [0.717, 1.165) is 18.7 Å². The number of halogens is 2. The Bertz CT molecular complexity index is 465. The van der Waals surface area contributed by atoms with Crippen molar-refractivity contribution in [3.63, 3.8) is 0 Å². The third kappa shape index (κ3) is 2.35. The van der Waals surface area contributed by atoms with E-state index < -0.39 is 0 Å². The molecule has 0 aliphatic carbocycles. The first-order valence-corrected chi connectivity index (χ1v) is 6.38. The van der Waals surface area contributed by atoms with Crippen LogP contribution in [0.2, 0.25) is 0 Å². The Hall–Kier alpha value is -0.530. The first-order valence-electron chi connectivity index (χ1n) is 5.05. The molecule has 0 nitrogen and oxygen atoms in total. The van der Waals surface area contributed by atoms with E-state index in [2.05, 4.69) is 52.3 Å². The first-order chi connectivity index (χ1) is 7.33. The molecule has 78 valence electrons. The maximum absolute atomic E-state index is 5.74. The van der Waals surface area contributed by atoms with Crippen LogP contribution in [0, 0.1) is 0 Å². The minimum absolute atomic E-state index is 0.718. The van der Waals surface area contributed by atoms with Crippen LogP contribution in [0.1, 0.15) is 12.0 Å². The summed E-state index contributed by atoms with van der Waals surface area (Å²) in [6.07, 6.45) is 2.06. The minimum Gasteiger partial charge on any atom is -0.127 e. The molecule has 2 aromatic rings. The highest BCUT2D eigenvalue weighted by Gasteiger charge is 2.04. The van der Waals surface area contributed by atoms with Crippen LogP contribution < -0.4 is 0 Å². The standard InChI is InChI=1S/C13H12BrCl/c14-13-8-7-10-4-1-2-5-11(10)12(13)6-3-9-15/h1-2,4-5,7-8H,3,6,9H2. The van der Waals surface area contributed by atoms with E-state index in [1.807, 2.05) is 0 Å². The van der Waals surface area contributed by atoms with Gasteiger partial charge in [-0.2, -0.15) is 0 Å². The van der Waals surface area contributed by atoms with Crippen molar-refractivity contribution >= 4 is 38.3 Å². The molecule has 15 heavy (non-hydrogen) atoms. The lowest BCUT2D eigenvalue weighted by Crippen LogP contribution is -1.90. The maximum Gasteiger partial charge on any atom is 0.0226 e. The molecule has 0 saturated heterocycles. The summed E-state index contributed by atoms with van der Waals surface area (Å²) in [6.45, 7) is 0. The van der Waals surface area contributed by atoms with Gasteiger partial charge in [-0.15, -0.1) is 11.6 Å². The third-order valence-corrected chi connectivity index (χ3v) is 3.55. The predicted octanol–water partition coefficient (Wildman–Crippen LogP) is 4.77. The molecule has 0 fully saturated rings. The molecule has 0 aliphatic rings. The summed E-state index contributed by atoms with van der Waals surface area (Å²) in [5, 5.41) is 2.63. The monoisotopic (exact) mass is 282 g/mol. The average molecular weight is 284 g/mol. The van der Waals surface area contributed by atoms with E-state index >= 15 is 0 Å². The summed E-state index contributed by atoms with van der Waals surface area (Å²) >= 11 is 9.34. The largest absolute Gasteiger partial charge is 0.127 e. The van der Waals surface area contributed by atoms with E-state index in [-0.39, 0.29) is 0 Å². The molecule has 0 unspecified atom stereocenters. The summed E-state index contributed by atoms with van der Waals surface area (Å²) in [5.74, 6) is 0.718. The normalized spacial score (nSPS) is 10.8. The van der Waals surface area contributed by atoms with Crippen LogP contribution in [0.3, 0.4) is 0 Å². The molecule has 0 saturated carbocycles. The molecule has 0 N–H and O–H groups in total. The van der Waals surface area contributed by atoms with Crippen LogP contribution in [0.15, 0.2) is 40.9 Å². The number of aryl methyl sites for hydroxylation is 1. The van der Waals surface area contributed by atoms with Crippen molar-refractivity contribution in [1.82, 2.24) is 0 Å². The summed E-state index contributed by atoms with van der Waals surface area (Å²) in [4.78, 5) is 0. The third-order valence-electron chi connectivity index (χ3n) is 2.54. The fraction of sp³-hybridized carbons (Fsp3) is 0.231. The van der Waals surface area contributed by atoms with Crippen molar-refractivity contribution in [2.24, 2.45) is 0 Å². The Kier molecular flexibility index (Phi) is 3.66. The molecule has 0 atom stereocenters. The fourth-order valence-corrected chi connectivity index (χ4v) is 2.48. The first kappa shape index (κ1) is 11.0. The predicted molar refractivity (Wildman–Crippen MR) is 70.7 cm³/mol. The molecule has 0 radical (unpaired) electrons. The van der Waals surface area contributed by atoms with Crippen molar-refractivity contribution in [3.05, 3.63) is 46.4 Å². The summed E-state index contributed by atoms with van der Waals surface area (Å²) in [6, 6.07) is 12.7. The zero-order valence-corrected chi connectivity index (χ0v) is 10.7. The van der Waals surface area contributed by atoms with Gasteiger partial charge in [0.2, 0.25) is 0 Å². The fourth-order valence-electron chi connectivity index (χ4n) is 1.81. The zero-order valence-electron chi connectivity index (χ0n) is 8.34. The molecule has 2 aromatic carbocycles. The van der Waals surface area contributed by atoms with Gasteiger partial charge < -0.3 is 0 Å². The molecular weight excluding hydrogens is 272 g/mol. The molecule has 0 aromatic heterocycles. The van der Waals surface area contributed by atoms with E-state index in [1.165, 1.54) is 20.8 Å². The van der Waals surface area contributed by atoms with E-state index in [0.29, 0.717) is 0 Å². The van der Waals surface area contributed by atoms with Crippen LogP contribution in [-0.2, 0) is 6.42 Å². The highest BCUT2D eigenvalue weighted by Crippen LogP contribution is 2.27. The van der Waals surface area contributed by atoms with Gasteiger partial charge in [-0.3, -0.25) is 0 Å². The number of hydrogen-bond donors (Lipinski definition) is 0. The quantitative estimate of drug-likeness (QED) is 0.712. The lowest BCUT2D eigenvalue weighted by atomic mass is 10.0. The van der Waals surface area contributed by atoms with Crippen LogP contribution in [0.25, 0.3) is 10.8 Å². The summed E-state index contributed by atoms with van der Waals surface area (Å²) in [5.41, 5.74) is 1.37. The van der Waals surface area contributed by atoms with Gasteiger partial charge in [-0.05, 0) is 35.2 Å². The maximum atomic E-state index is 5.74. The molecule has 0 heterocycles. The Morgan fingerprint density at radius 1 is 1.07 bits per heavy atom. The second-order valence-electron chi connectivity index (χ2n) is 3.54. The van der Waals surface area contributed by atoms with Crippen LogP contribution in [0.5, 0.6) is 0 Å². The molecule has 0 aliphatic heterocycles. The number of hydrogen-bond acceptors (Lipinski definition) is 0. The number of rotatable bonds is 3. The van der Waals surface area contributed by atoms with Crippen molar-refractivity contribution < 1.29 is 0 Å². The Morgan fingerprint density at radius 2 is 1.87 bits per heavy atom. The molecule has 0 bridgehead atoms. The topological polar surface area (TPSA) is 0 Å². The van der Waals surface area contributed by atoms with E-state index in [1.54, 1.807) is 0 Å². The van der Waals surface area contributed by atoms with Crippen molar-refractivity contribution in [1.29, 1.82) is 0 Å². The van der Waals surface area contributed by atoms with E-state index in [9.17, 15) is 0 Å². The number of fused-ring (bicyclic) bond motifs is 1. The SMILES string of the molecule is ClCCCc1c(Br)ccc2ccccc12. The minimum atomic E-state index is 0.718. The van der Waals surface area contributed by atoms with Gasteiger partial charge in [-0.25, -0.2) is 0 Å². The van der Waals surface area contributed by atoms with Crippen LogP contribution >= 0.6 is 27.5 Å². The molecule has 2 heteroatoms. The Balaban J connectivity index is 2.53. The number of alkyl halides is 1. The van der Waals surface area contributed by atoms with Crippen molar-refractivity contribution in [2.45, 2.75) is 12.8 Å². The van der Waals surface area contributed by atoms with Crippen molar-refractivity contribution in [2.75, 3.05) is 5.88 Å². The second kappa shape index (κ2) is 5.00. The molecular formula is C13H12BrCl. The van der Waals surface area contributed by atoms with Gasteiger partial charge >= 0.3 is 0 Å². The van der Waals surface area contributed by atoms with Gasteiger partial charge in [0.25, 0.3) is 0 Å². The summed E-state index contributed by atoms with van der Waals surface area (Å²) < 4.78 is 1.19. The summed E-state index contributed by atoms with van der Waals surface area (Å²) in [7, 11) is 0. The van der Waals surface area contributed by atoms with Crippen molar-refractivity contribution in [3.8, 4) is 0 Å². The van der Waals surface area contributed by atoms with Gasteiger partial charge in [-0.1, -0.05) is 46.3 Å². The average Bonchev–Trinajstić information content (AvgIpc) is 2.28. The Labute approximate surface area is 103 Å². The zero-order chi connectivity index (χ0) is 10.7. The van der Waals surface area contributed by atoms with Gasteiger partial charge in [0.15, 0.2) is 0 Å². The van der Waals surface area contributed by atoms with E-state index in [4.69, 9.17) is 11.6 Å². The molecule has 0 amide bonds. The number of benzene rings is 2. The highest BCUT2D eigenvalue weighted by molar-refractivity contribution is 9.10. The van der Waals surface area contributed by atoms with Crippen LogP contribution in [-0.4, -0.2) is 5.88 Å². The van der Waals surface area contributed by atoms with Gasteiger partial charge in [0.05, 0.1) is 0 Å². The smallest absolute Gasteiger partial charge is 0.0226 e.